The fraction of sp³-hybridized carbons (Fsp3) is 0.611. The van der Waals surface area contributed by atoms with Crippen molar-refractivity contribution in [2.75, 3.05) is 33.4 Å². The van der Waals surface area contributed by atoms with Gasteiger partial charge >= 0.3 is 0 Å². The summed E-state index contributed by atoms with van der Waals surface area (Å²) in [5, 5.41) is 0.727. The Balaban J connectivity index is 1.46. The van der Waals surface area contributed by atoms with Crippen molar-refractivity contribution in [1.82, 2.24) is 4.90 Å². The molecule has 0 aromatic heterocycles. The molecule has 2 aliphatic rings. The molecule has 4 nitrogen and oxygen atoms in total. The van der Waals surface area contributed by atoms with E-state index in [-0.39, 0.29) is 11.5 Å². The van der Waals surface area contributed by atoms with Crippen LogP contribution in [0.1, 0.15) is 24.8 Å². The highest BCUT2D eigenvalue weighted by Crippen LogP contribution is 2.41. The smallest absolute Gasteiger partial charge is 0.223 e. The standard InChI is InChI=1S/C18H24ClNO3/c1-22-10-8-15-9-11-23-18(15)12-20(13-18)17(21)7-4-14-2-5-16(19)6-3-14/h2-3,5-6,15H,4,7-13H2,1H3/t15-/m0/s1. The van der Waals surface area contributed by atoms with E-state index in [1.165, 1.54) is 0 Å². The predicted octanol–water partition coefficient (Wildman–Crippen LogP) is 2.93. The Bertz CT molecular complexity index is 540. The Hall–Kier alpha value is -1.10. The van der Waals surface area contributed by atoms with Gasteiger partial charge in [0.1, 0.15) is 5.60 Å². The number of ether oxygens (including phenoxy) is 2. The molecule has 1 aromatic carbocycles. The van der Waals surface area contributed by atoms with Crippen molar-refractivity contribution in [3.63, 3.8) is 0 Å². The largest absolute Gasteiger partial charge is 0.385 e. The number of carbonyl (C=O) groups excluding carboxylic acids is 1. The lowest BCUT2D eigenvalue weighted by atomic mass is 9.79. The summed E-state index contributed by atoms with van der Waals surface area (Å²) in [6, 6.07) is 7.70. The highest BCUT2D eigenvalue weighted by Gasteiger charge is 2.53. The molecule has 3 rings (SSSR count). The second-order valence-corrected chi connectivity index (χ2v) is 6.99. The first kappa shape index (κ1) is 16.7. The summed E-state index contributed by atoms with van der Waals surface area (Å²) in [5.74, 6) is 0.731. The molecule has 2 fully saturated rings. The summed E-state index contributed by atoms with van der Waals surface area (Å²) in [5.41, 5.74) is 1.04. The Kier molecular flexibility index (Phi) is 5.24. The number of hydrogen-bond donors (Lipinski definition) is 0. The van der Waals surface area contributed by atoms with E-state index >= 15 is 0 Å². The summed E-state index contributed by atoms with van der Waals surface area (Å²) in [6.45, 7) is 3.04. The lowest BCUT2D eigenvalue weighted by Gasteiger charge is -2.50. The van der Waals surface area contributed by atoms with E-state index in [0.717, 1.165) is 56.2 Å². The summed E-state index contributed by atoms with van der Waals surface area (Å²) in [7, 11) is 1.73. The Morgan fingerprint density at radius 2 is 2.13 bits per heavy atom. The molecule has 5 heteroatoms. The molecule has 2 aliphatic heterocycles. The van der Waals surface area contributed by atoms with E-state index in [1.807, 2.05) is 29.2 Å². The van der Waals surface area contributed by atoms with Crippen LogP contribution in [0.3, 0.4) is 0 Å². The Labute approximate surface area is 142 Å². The molecular formula is C18H24ClNO3. The van der Waals surface area contributed by atoms with Gasteiger partial charge in [-0.25, -0.2) is 0 Å². The number of amides is 1. The van der Waals surface area contributed by atoms with Crippen LogP contribution in [-0.4, -0.2) is 49.8 Å². The Morgan fingerprint density at radius 3 is 2.83 bits per heavy atom. The number of halogens is 1. The highest BCUT2D eigenvalue weighted by atomic mass is 35.5. The third kappa shape index (κ3) is 3.70. The SMILES string of the molecule is COCC[C@H]1CCOC12CN(C(=O)CCc1ccc(Cl)cc1)C2. The highest BCUT2D eigenvalue weighted by molar-refractivity contribution is 6.30. The van der Waals surface area contributed by atoms with Gasteiger partial charge in [-0.1, -0.05) is 23.7 Å². The summed E-state index contributed by atoms with van der Waals surface area (Å²) >= 11 is 5.88. The fourth-order valence-electron chi connectivity index (χ4n) is 3.64. The van der Waals surface area contributed by atoms with Gasteiger partial charge in [0.05, 0.1) is 13.1 Å². The zero-order chi connectivity index (χ0) is 16.3. The third-order valence-electron chi connectivity index (χ3n) is 5.08. The Morgan fingerprint density at radius 1 is 1.39 bits per heavy atom. The molecule has 1 amide bonds. The average Bonchev–Trinajstić information content (AvgIpc) is 2.94. The van der Waals surface area contributed by atoms with Gasteiger partial charge in [0.25, 0.3) is 0 Å². The molecule has 0 unspecified atom stereocenters. The third-order valence-corrected chi connectivity index (χ3v) is 5.33. The van der Waals surface area contributed by atoms with Gasteiger partial charge in [0.2, 0.25) is 5.91 Å². The minimum atomic E-state index is -0.103. The van der Waals surface area contributed by atoms with Crippen LogP contribution in [0.25, 0.3) is 0 Å². The molecule has 1 aromatic rings. The molecule has 0 bridgehead atoms. The lowest BCUT2D eigenvalue weighted by Crippen LogP contribution is -2.66. The first-order chi connectivity index (χ1) is 11.1. The summed E-state index contributed by atoms with van der Waals surface area (Å²) in [6.07, 6.45) is 3.40. The normalized spacial score (nSPS) is 22.3. The van der Waals surface area contributed by atoms with E-state index in [1.54, 1.807) is 7.11 Å². The van der Waals surface area contributed by atoms with Crippen molar-refractivity contribution in [3.05, 3.63) is 34.9 Å². The first-order valence-electron chi connectivity index (χ1n) is 8.28. The maximum Gasteiger partial charge on any atom is 0.223 e. The van der Waals surface area contributed by atoms with Crippen molar-refractivity contribution in [2.45, 2.75) is 31.3 Å². The quantitative estimate of drug-likeness (QED) is 0.801. The number of methoxy groups -OCH3 is 1. The van der Waals surface area contributed by atoms with Crippen LogP contribution in [0, 0.1) is 5.92 Å². The number of likely N-dealkylation sites (tertiary alicyclic amines) is 1. The van der Waals surface area contributed by atoms with Gasteiger partial charge in [0, 0.05) is 31.8 Å². The molecule has 1 spiro atoms. The maximum atomic E-state index is 12.3. The lowest BCUT2D eigenvalue weighted by molar-refractivity contribution is -0.166. The molecule has 126 valence electrons. The van der Waals surface area contributed by atoms with Crippen molar-refractivity contribution in [1.29, 1.82) is 0 Å². The van der Waals surface area contributed by atoms with Crippen molar-refractivity contribution < 1.29 is 14.3 Å². The number of aryl methyl sites for hydroxylation is 1. The second kappa shape index (κ2) is 7.20. The van der Waals surface area contributed by atoms with Gasteiger partial charge in [-0.3, -0.25) is 4.79 Å². The zero-order valence-electron chi connectivity index (χ0n) is 13.6. The van der Waals surface area contributed by atoms with Gasteiger partial charge < -0.3 is 14.4 Å². The number of nitrogens with zero attached hydrogens (tertiary/aromatic N) is 1. The molecule has 1 atom stereocenters. The van der Waals surface area contributed by atoms with Gasteiger partial charge in [-0.2, -0.15) is 0 Å². The molecule has 0 N–H and O–H groups in total. The topological polar surface area (TPSA) is 38.8 Å². The minimum absolute atomic E-state index is 0.103. The van der Waals surface area contributed by atoms with Crippen molar-refractivity contribution >= 4 is 17.5 Å². The molecule has 0 radical (unpaired) electrons. The van der Waals surface area contributed by atoms with Crippen LogP contribution >= 0.6 is 11.6 Å². The van der Waals surface area contributed by atoms with E-state index in [2.05, 4.69) is 0 Å². The molecule has 23 heavy (non-hydrogen) atoms. The summed E-state index contributed by atoms with van der Waals surface area (Å²) < 4.78 is 11.2. The number of rotatable bonds is 6. The van der Waals surface area contributed by atoms with Gasteiger partial charge in [-0.15, -0.1) is 0 Å². The number of carbonyl (C=O) groups is 1. The van der Waals surface area contributed by atoms with Gasteiger partial charge in [0.15, 0.2) is 0 Å². The zero-order valence-corrected chi connectivity index (χ0v) is 14.3. The number of benzene rings is 1. The van der Waals surface area contributed by atoms with Crippen LogP contribution in [0.4, 0.5) is 0 Å². The molecule has 2 saturated heterocycles. The fourth-order valence-corrected chi connectivity index (χ4v) is 3.76. The van der Waals surface area contributed by atoms with E-state index in [0.29, 0.717) is 12.3 Å². The molecule has 0 aliphatic carbocycles. The van der Waals surface area contributed by atoms with Crippen molar-refractivity contribution in [3.8, 4) is 0 Å². The average molecular weight is 338 g/mol. The minimum Gasteiger partial charge on any atom is -0.385 e. The number of hydrogen-bond acceptors (Lipinski definition) is 3. The second-order valence-electron chi connectivity index (χ2n) is 6.56. The van der Waals surface area contributed by atoms with Crippen molar-refractivity contribution in [2.24, 2.45) is 5.92 Å². The van der Waals surface area contributed by atoms with E-state index in [9.17, 15) is 4.79 Å². The molecular weight excluding hydrogens is 314 g/mol. The molecule has 2 heterocycles. The van der Waals surface area contributed by atoms with Crippen LogP contribution in [0.15, 0.2) is 24.3 Å². The van der Waals surface area contributed by atoms with Crippen LogP contribution < -0.4 is 0 Å². The van der Waals surface area contributed by atoms with Crippen LogP contribution in [-0.2, 0) is 20.7 Å². The maximum absolute atomic E-state index is 12.3. The predicted molar refractivity (Wildman–Crippen MR) is 89.6 cm³/mol. The van der Waals surface area contributed by atoms with E-state index < -0.39 is 0 Å². The van der Waals surface area contributed by atoms with E-state index in [4.69, 9.17) is 21.1 Å². The monoisotopic (exact) mass is 337 g/mol. The van der Waals surface area contributed by atoms with Crippen LogP contribution in [0.5, 0.6) is 0 Å². The van der Waals surface area contributed by atoms with Crippen LogP contribution in [0.2, 0.25) is 5.02 Å². The summed E-state index contributed by atoms with van der Waals surface area (Å²) in [4.78, 5) is 14.3. The first-order valence-corrected chi connectivity index (χ1v) is 8.66. The molecule has 0 saturated carbocycles. The van der Waals surface area contributed by atoms with Gasteiger partial charge in [-0.05, 0) is 42.9 Å².